The number of carbonyl (C=O) groups is 1. The largest absolute Gasteiger partial charge is 0.393 e. The normalized spacial score (nSPS) is 21.6. The smallest absolute Gasteiger partial charge is 0.229 e. The van der Waals surface area contributed by atoms with Crippen molar-refractivity contribution in [3.05, 3.63) is 0 Å². The molecule has 0 saturated carbocycles. The zero-order valence-corrected chi connectivity index (χ0v) is 9.64. The second kappa shape index (κ2) is 4.73. The van der Waals surface area contributed by atoms with Gasteiger partial charge in [-0.15, -0.1) is 0 Å². The SMILES string of the molecule is CC(C)C1CCN(C(=O)CC(N)=S)C1. The van der Waals surface area contributed by atoms with Crippen LogP contribution in [0.15, 0.2) is 0 Å². The molecule has 0 bridgehead atoms. The summed E-state index contributed by atoms with van der Waals surface area (Å²) < 4.78 is 0. The molecule has 1 fully saturated rings. The fourth-order valence-corrected chi connectivity index (χ4v) is 1.94. The molecule has 1 aliphatic rings. The highest BCUT2D eigenvalue weighted by atomic mass is 32.1. The van der Waals surface area contributed by atoms with Crippen molar-refractivity contribution in [2.24, 2.45) is 17.6 Å². The zero-order chi connectivity index (χ0) is 10.7. The van der Waals surface area contributed by atoms with Crippen molar-refractivity contribution in [3.63, 3.8) is 0 Å². The molecular formula is C10H18N2OS. The van der Waals surface area contributed by atoms with Gasteiger partial charge in [0.15, 0.2) is 0 Å². The van der Waals surface area contributed by atoms with Gasteiger partial charge in [0.25, 0.3) is 0 Å². The average molecular weight is 214 g/mol. The lowest BCUT2D eigenvalue weighted by atomic mass is 9.95. The molecule has 1 atom stereocenters. The van der Waals surface area contributed by atoms with Crippen LogP contribution in [-0.4, -0.2) is 28.9 Å². The number of thiocarbonyl (C=S) groups is 1. The number of nitrogens with two attached hydrogens (primary N) is 1. The lowest BCUT2D eigenvalue weighted by molar-refractivity contribution is -0.129. The van der Waals surface area contributed by atoms with Crippen LogP contribution in [0.25, 0.3) is 0 Å². The van der Waals surface area contributed by atoms with Gasteiger partial charge in [0.2, 0.25) is 5.91 Å². The van der Waals surface area contributed by atoms with Crippen LogP contribution < -0.4 is 5.73 Å². The van der Waals surface area contributed by atoms with Gasteiger partial charge in [-0.3, -0.25) is 4.79 Å². The van der Waals surface area contributed by atoms with Crippen LogP contribution in [0.5, 0.6) is 0 Å². The van der Waals surface area contributed by atoms with Crippen molar-refractivity contribution in [1.29, 1.82) is 0 Å². The summed E-state index contributed by atoms with van der Waals surface area (Å²) in [6.07, 6.45) is 1.33. The fourth-order valence-electron chi connectivity index (χ4n) is 1.82. The molecule has 1 aliphatic heterocycles. The first-order valence-electron chi connectivity index (χ1n) is 5.06. The maximum absolute atomic E-state index is 11.6. The van der Waals surface area contributed by atoms with Gasteiger partial charge in [-0.25, -0.2) is 0 Å². The van der Waals surface area contributed by atoms with Gasteiger partial charge in [-0.1, -0.05) is 26.1 Å². The zero-order valence-electron chi connectivity index (χ0n) is 8.82. The van der Waals surface area contributed by atoms with E-state index in [1.807, 2.05) is 4.90 Å². The summed E-state index contributed by atoms with van der Waals surface area (Å²) in [6, 6.07) is 0. The first kappa shape index (κ1) is 11.4. The fraction of sp³-hybridized carbons (Fsp3) is 0.800. The minimum absolute atomic E-state index is 0.0839. The predicted molar refractivity (Wildman–Crippen MR) is 60.9 cm³/mol. The Kier molecular flexibility index (Phi) is 3.86. The van der Waals surface area contributed by atoms with Crippen molar-refractivity contribution in [1.82, 2.24) is 4.90 Å². The molecule has 14 heavy (non-hydrogen) atoms. The first-order chi connectivity index (χ1) is 6.50. The number of likely N-dealkylation sites (tertiary alicyclic amines) is 1. The van der Waals surface area contributed by atoms with Crippen LogP contribution in [-0.2, 0) is 4.79 Å². The molecule has 0 aromatic rings. The van der Waals surface area contributed by atoms with Crippen molar-refractivity contribution >= 4 is 23.1 Å². The third kappa shape index (κ3) is 2.94. The second-order valence-corrected chi connectivity index (χ2v) is 4.80. The van der Waals surface area contributed by atoms with Crippen molar-refractivity contribution in [2.45, 2.75) is 26.7 Å². The Morgan fingerprint density at radius 3 is 2.71 bits per heavy atom. The van der Waals surface area contributed by atoms with Gasteiger partial charge >= 0.3 is 0 Å². The highest BCUT2D eigenvalue weighted by Crippen LogP contribution is 2.23. The molecule has 1 unspecified atom stereocenters. The van der Waals surface area contributed by atoms with E-state index < -0.39 is 0 Å². The van der Waals surface area contributed by atoms with Crippen LogP contribution in [0.3, 0.4) is 0 Å². The summed E-state index contributed by atoms with van der Waals surface area (Å²) in [6.45, 7) is 6.14. The first-order valence-corrected chi connectivity index (χ1v) is 5.47. The average Bonchev–Trinajstić information content (AvgIpc) is 2.50. The van der Waals surface area contributed by atoms with Crippen LogP contribution in [0.1, 0.15) is 26.7 Å². The Balaban J connectivity index is 2.41. The number of nitrogens with zero attached hydrogens (tertiary/aromatic N) is 1. The molecule has 1 heterocycles. The third-order valence-corrected chi connectivity index (χ3v) is 2.99. The summed E-state index contributed by atoms with van der Waals surface area (Å²) in [7, 11) is 0. The summed E-state index contributed by atoms with van der Waals surface area (Å²) in [5.74, 6) is 1.38. The molecular weight excluding hydrogens is 196 g/mol. The third-order valence-electron chi connectivity index (χ3n) is 2.85. The molecule has 1 rings (SSSR count). The maximum atomic E-state index is 11.6. The monoisotopic (exact) mass is 214 g/mol. The highest BCUT2D eigenvalue weighted by molar-refractivity contribution is 7.80. The Morgan fingerprint density at radius 2 is 2.29 bits per heavy atom. The van der Waals surface area contributed by atoms with Gasteiger partial charge < -0.3 is 10.6 Å². The Labute approximate surface area is 90.6 Å². The molecule has 0 radical (unpaired) electrons. The minimum atomic E-state index is 0.0839. The number of hydrogen-bond donors (Lipinski definition) is 1. The molecule has 80 valence electrons. The van der Waals surface area contributed by atoms with Crippen molar-refractivity contribution < 1.29 is 4.79 Å². The molecule has 0 aromatic carbocycles. The van der Waals surface area contributed by atoms with Crippen molar-refractivity contribution in [3.8, 4) is 0 Å². The van der Waals surface area contributed by atoms with Crippen LogP contribution >= 0.6 is 12.2 Å². The molecule has 3 nitrogen and oxygen atoms in total. The molecule has 0 spiro atoms. The maximum Gasteiger partial charge on any atom is 0.229 e. The predicted octanol–water partition coefficient (Wildman–Crippen LogP) is 1.17. The molecule has 1 amide bonds. The van der Waals surface area contributed by atoms with E-state index in [9.17, 15) is 4.79 Å². The minimum Gasteiger partial charge on any atom is -0.393 e. The molecule has 2 N–H and O–H groups in total. The van der Waals surface area contributed by atoms with E-state index in [-0.39, 0.29) is 12.3 Å². The standard InChI is InChI=1S/C10H18N2OS/c1-7(2)8-3-4-12(6-8)10(13)5-9(11)14/h7-8H,3-6H2,1-2H3,(H2,11,14). The highest BCUT2D eigenvalue weighted by Gasteiger charge is 2.27. The molecule has 4 heteroatoms. The van der Waals surface area contributed by atoms with Crippen LogP contribution in [0.2, 0.25) is 0 Å². The van der Waals surface area contributed by atoms with E-state index in [2.05, 4.69) is 13.8 Å². The number of rotatable bonds is 3. The Morgan fingerprint density at radius 1 is 1.64 bits per heavy atom. The van der Waals surface area contributed by atoms with Gasteiger partial charge in [0.1, 0.15) is 0 Å². The topological polar surface area (TPSA) is 46.3 Å². The van der Waals surface area contributed by atoms with Gasteiger partial charge in [0.05, 0.1) is 11.4 Å². The van der Waals surface area contributed by atoms with Crippen LogP contribution in [0, 0.1) is 11.8 Å². The summed E-state index contributed by atoms with van der Waals surface area (Å²) in [4.78, 5) is 13.8. The Hall–Kier alpha value is -0.640. The molecule has 0 aliphatic carbocycles. The lowest BCUT2D eigenvalue weighted by Crippen LogP contribution is -2.32. The van der Waals surface area contributed by atoms with Gasteiger partial charge in [-0.05, 0) is 18.3 Å². The van der Waals surface area contributed by atoms with Gasteiger partial charge in [0, 0.05) is 13.1 Å². The number of hydrogen-bond acceptors (Lipinski definition) is 2. The lowest BCUT2D eigenvalue weighted by Gasteiger charge is -2.17. The summed E-state index contributed by atoms with van der Waals surface area (Å²) in [5, 5.41) is 0. The summed E-state index contributed by atoms with van der Waals surface area (Å²) in [5.41, 5.74) is 5.34. The van der Waals surface area contributed by atoms with Crippen molar-refractivity contribution in [2.75, 3.05) is 13.1 Å². The van der Waals surface area contributed by atoms with E-state index in [4.69, 9.17) is 18.0 Å². The number of amides is 1. The second-order valence-electron chi connectivity index (χ2n) is 4.28. The van der Waals surface area contributed by atoms with E-state index in [0.29, 0.717) is 16.8 Å². The van der Waals surface area contributed by atoms with E-state index in [1.54, 1.807) is 0 Å². The van der Waals surface area contributed by atoms with Gasteiger partial charge in [-0.2, -0.15) is 0 Å². The van der Waals surface area contributed by atoms with Crippen LogP contribution in [0.4, 0.5) is 0 Å². The van der Waals surface area contributed by atoms with E-state index >= 15 is 0 Å². The quantitative estimate of drug-likeness (QED) is 0.717. The molecule has 1 saturated heterocycles. The Bertz CT molecular complexity index is 240. The van der Waals surface area contributed by atoms with E-state index in [0.717, 1.165) is 19.5 Å². The van der Waals surface area contributed by atoms with E-state index in [1.165, 1.54) is 0 Å². The summed E-state index contributed by atoms with van der Waals surface area (Å²) >= 11 is 4.72. The molecule has 0 aromatic heterocycles. The number of carbonyl (C=O) groups excluding carboxylic acids is 1.